The fourth-order valence-corrected chi connectivity index (χ4v) is 2.12. The van der Waals surface area contributed by atoms with Gasteiger partial charge >= 0.3 is 0 Å². The van der Waals surface area contributed by atoms with Gasteiger partial charge in [-0.25, -0.2) is 0 Å². The molecule has 2 heteroatoms. The molecule has 1 nitrogen and oxygen atoms in total. The fourth-order valence-electron chi connectivity index (χ4n) is 1.49. The second-order valence-corrected chi connectivity index (χ2v) is 6.00. The second kappa shape index (κ2) is 5.83. The van der Waals surface area contributed by atoms with Gasteiger partial charge in [-0.05, 0) is 30.4 Å². The lowest BCUT2D eigenvalue weighted by atomic mass is 9.90. The molecule has 1 aromatic rings. The van der Waals surface area contributed by atoms with E-state index >= 15 is 0 Å². The summed E-state index contributed by atoms with van der Waals surface area (Å²) in [5.41, 5.74) is 1.70. The van der Waals surface area contributed by atoms with Crippen molar-refractivity contribution in [2.24, 2.45) is 5.41 Å². The fraction of sp³-hybridized carbons (Fsp3) is 0.571. The van der Waals surface area contributed by atoms with Gasteiger partial charge in [-0.2, -0.15) is 0 Å². The van der Waals surface area contributed by atoms with E-state index in [0.29, 0.717) is 11.5 Å². The summed E-state index contributed by atoms with van der Waals surface area (Å²) >= 11 is 3.59. The van der Waals surface area contributed by atoms with Gasteiger partial charge in [0.2, 0.25) is 0 Å². The van der Waals surface area contributed by atoms with Crippen molar-refractivity contribution < 1.29 is 0 Å². The van der Waals surface area contributed by atoms with Gasteiger partial charge in [0.05, 0.1) is 0 Å². The highest BCUT2D eigenvalue weighted by Crippen LogP contribution is 2.24. The molecule has 0 aromatic heterocycles. The van der Waals surface area contributed by atoms with E-state index in [4.69, 9.17) is 0 Å². The van der Waals surface area contributed by atoms with Gasteiger partial charge in [0, 0.05) is 17.1 Å². The van der Waals surface area contributed by atoms with Crippen LogP contribution in [0.5, 0.6) is 0 Å². The van der Waals surface area contributed by atoms with Crippen LogP contribution < -0.4 is 5.32 Å². The second-order valence-electron chi connectivity index (χ2n) is 5.14. The van der Waals surface area contributed by atoms with E-state index in [1.165, 1.54) is 16.5 Å². The van der Waals surface area contributed by atoms with Gasteiger partial charge in [-0.1, -0.05) is 54.9 Å². The highest BCUT2D eigenvalue weighted by atomic mass is 79.9. The van der Waals surface area contributed by atoms with Crippen LogP contribution in [0, 0.1) is 5.41 Å². The van der Waals surface area contributed by atoms with Crippen LogP contribution in [0.25, 0.3) is 0 Å². The molecule has 1 unspecified atom stereocenters. The smallest absolute Gasteiger partial charge is 0.0303 e. The first-order chi connectivity index (χ1) is 7.46. The average molecular weight is 284 g/mol. The minimum atomic E-state index is 0.371. The van der Waals surface area contributed by atoms with Crippen LogP contribution in [0.4, 0.5) is 0 Å². The van der Waals surface area contributed by atoms with E-state index in [9.17, 15) is 0 Å². The molecular weight excluding hydrogens is 262 g/mol. The zero-order valence-electron chi connectivity index (χ0n) is 10.7. The molecule has 1 rings (SSSR count). The maximum atomic E-state index is 3.60. The first-order valence-corrected chi connectivity index (χ1v) is 6.73. The van der Waals surface area contributed by atoms with Gasteiger partial charge in [0.1, 0.15) is 0 Å². The summed E-state index contributed by atoms with van der Waals surface area (Å²) in [7, 11) is 0. The summed E-state index contributed by atoms with van der Waals surface area (Å²) in [5, 5.41) is 3.60. The molecule has 0 heterocycles. The lowest BCUT2D eigenvalue weighted by Gasteiger charge is -2.26. The predicted octanol–water partition coefficient (Wildman–Crippen LogP) is 4.54. The van der Waals surface area contributed by atoms with Crippen molar-refractivity contribution in [3.63, 3.8) is 0 Å². The van der Waals surface area contributed by atoms with Crippen LogP contribution in [0.2, 0.25) is 0 Å². The largest absolute Gasteiger partial charge is 0.310 e. The lowest BCUT2D eigenvalue weighted by molar-refractivity contribution is 0.313. The van der Waals surface area contributed by atoms with Crippen LogP contribution in [-0.2, 0) is 0 Å². The third-order valence-corrected chi connectivity index (χ3v) is 3.94. The van der Waals surface area contributed by atoms with Crippen LogP contribution in [0.1, 0.15) is 45.7 Å². The first kappa shape index (κ1) is 13.7. The van der Waals surface area contributed by atoms with Gasteiger partial charge in [-0.3, -0.25) is 0 Å². The number of halogens is 1. The number of benzene rings is 1. The number of hydrogen-bond acceptors (Lipinski definition) is 1. The Morgan fingerprint density at radius 3 is 2.50 bits per heavy atom. The number of rotatable bonds is 5. The Morgan fingerprint density at radius 2 is 1.94 bits per heavy atom. The van der Waals surface area contributed by atoms with Crippen molar-refractivity contribution in [3.8, 4) is 0 Å². The Kier molecular flexibility index (Phi) is 5.00. The summed E-state index contributed by atoms with van der Waals surface area (Å²) in [6.45, 7) is 10.1. The molecule has 0 aliphatic carbocycles. The van der Waals surface area contributed by atoms with Crippen molar-refractivity contribution in [2.75, 3.05) is 6.54 Å². The summed E-state index contributed by atoms with van der Waals surface area (Å²) in [6, 6.07) is 8.79. The Bertz CT molecular complexity index is 333. The third-order valence-electron chi connectivity index (χ3n) is 3.22. The molecule has 0 radical (unpaired) electrons. The third kappa shape index (κ3) is 3.91. The molecule has 90 valence electrons. The molecule has 16 heavy (non-hydrogen) atoms. The Hall–Kier alpha value is -0.340. The minimum Gasteiger partial charge on any atom is -0.310 e. The van der Waals surface area contributed by atoms with E-state index in [0.717, 1.165) is 6.54 Å². The van der Waals surface area contributed by atoms with Crippen LogP contribution >= 0.6 is 15.9 Å². The number of hydrogen-bond donors (Lipinski definition) is 1. The molecule has 1 N–H and O–H groups in total. The molecule has 1 atom stereocenters. The summed E-state index contributed by atoms with van der Waals surface area (Å²) in [5.74, 6) is 0. The first-order valence-electron chi connectivity index (χ1n) is 5.94. The van der Waals surface area contributed by atoms with Crippen LogP contribution in [-0.4, -0.2) is 6.54 Å². The Morgan fingerprint density at radius 1 is 1.31 bits per heavy atom. The maximum Gasteiger partial charge on any atom is 0.0303 e. The minimum absolute atomic E-state index is 0.371. The van der Waals surface area contributed by atoms with Gasteiger partial charge in [-0.15, -0.1) is 0 Å². The van der Waals surface area contributed by atoms with Crippen LogP contribution in [0.15, 0.2) is 28.7 Å². The zero-order valence-corrected chi connectivity index (χ0v) is 12.3. The Labute approximate surface area is 108 Å². The molecule has 0 spiro atoms. The standard InChI is InChI=1S/C14H22BrN/c1-5-14(3,4)10-16-11(2)12-8-6-7-9-13(12)15/h6-9,11,16H,5,10H2,1-4H3. The molecule has 0 amide bonds. The highest BCUT2D eigenvalue weighted by molar-refractivity contribution is 9.10. The van der Waals surface area contributed by atoms with Crippen molar-refractivity contribution in [1.29, 1.82) is 0 Å². The van der Waals surface area contributed by atoms with Gasteiger partial charge in [0.25, 0.3) is 0 Å². The van der Waals surface area contributed by atoms with E-state index in [-0.39, 0.29) is 0 Å². The molecule has 0 saturated carbocycles. The summed E-state index contributed by atoms with van der Waals surface area (Å²) < 4.78 is 1.18. The van der Waals surface area contributed by atoms with Crippen molar-refractivity contribution in [3.05, 3.63) is 34.3 Å². The lowest BCUT2D eigenvalue weighted by Crippen LogP contribution is -2.30. The molecule has 0 aliphatic rings. The average Bonchev–Trinajstić information content (AvgIpc) is 2.27. The van der Waals surface area contributed by atoms with Crippen molar-refractivity contribution in [1.82, 2.24) is 5.32 Å². The monoisotopic (exact) mass is 283 g/mol. The van der Waals surface area contributed by atoms with Gasteiger partial charge in [0.15, 0.2) is 0 Å². The SMILES string of the molecule is CCC(C)(C)CNC(C)c1ccccc1Br. The molecule has 0 bridgehead atoms. The predicted molar refractivity (Wildman–Crippen MR) is 74.6 cm³/mol. The quantitative estimate of drug-likeness (QED) is 0.837. The van der Waals surface area contributed by atoms with Gasteiger partial charge < -0.3 is 5.32 Å². The summed E-state index contributed by atoms with van der Waals surface area (Å²) in [6.07, 6.45) is 1.20. The van der Waals surface area contributed by atoms with E-state index in [1.807, 2.05) is 0 Å². The molecule has 0 aliphatic heterocycles. The molecule has 0 saturated heterocycles. The van der Waals surface area contributed by atoms with E-state index in [1.54, 1.807) is 0 Å². The molecule has 0 fully saturated rings. The Balaban J connectivity index is 2.60. The van der Waals surface area contributed by atoms with Crippen molar-refractivity contribution in [2.45, 2.75) is 40.2 Å². The van der Waals surface area contributed by atoms with E-state index in [2.05, 4.69) is 73.2 Å². The van der Waals surface area contributed by atoms with E-state index < -0.39 is 0 Å². The maximum absolute atomic E-state index is 3.60. The van der Waals surface area contributed by atoms with Crippen molar-refractivity contribution >= 4 is 15.9 Å². The number of nitrogens with one attached hydrogen (secondary N) is 1. The topological polar surface area (TPSA) is 12.0 Å². The molecular formula is C14H22BrN. The molecule has 1 aromatic carbocycles. The normalized spacial score (nSPS) is 13.8. The zero-order chi connectivity index (χ0) is 12.2. The summed E-state index contributed by atoms with van der Waals surface area (Å²) in [4.78, 5) is 0. The highest BCUT2D eigenvalue weighted by Gasteiger charge is 2.17. The van der Waals surface area contributed by atoms with Crippen LogP contribution in [0.3, 0.4) is 0 Å².